The number of hydrogen-bond acceptors (Lipinski definition) is 8. The molecule has 0 aliphatic rings. The fourth-order valence-corrected chi connectivity index (χ4v) is 4.61. The molecule has 0 bridgehead atoms. The summed E-state index contributed by atoms with van der Waals surface area (Å²) in [7, 11) is -3.98. The number of nitrogens with zero attached hydrogens (tertiary/aromatic N) is 2. The lowest BCUT2D eigenvalue weighted by atomic mass is 10.2. The van der Waals surface area contributed by atoms with Crippen LogP contribution in [-0.2, 0) is 10.0 Å². The number of hydrogen-bond donors (Lipinski definition) is 1. The topological polar surface area (TPSA) is 128 Å². The second-order valence-corrected chi connectivity index (χ2v) is 8.19. The molecular formula is C17H11N3O6S2. The van der Waals surface area contributed by atoms with Gasteiger partial charge in [0.25, 0.3) is 15.7 Å². The van der Waals surface area contributed by atoms with Gasteiger partial charge in [0.2, 0.25) is 0 Å². The maximum absolute atomic E-state index is 12.6. The molecule has 4 rings (SSSR count). The van der Waals surface area contributed by atoms with Gasteiger partial charge in [-0.05, 0) is 36.4 Å². The van der Waals surface area contributed by atoms with Crippen molar-refractivity contribution in [3.63, 3.8) is 0 Å². The van der Waals surface area contributed by atoms with Gasteiger partial charge in [0.15, 0.2) is 10.9 Å². The SMILES string of the molecule is O=[N+]([O-])c1ccc(S(=O)(=O)Nc2nc(-c3ccco3)c(-c3ccco3)s2)cc1. The Morgan fingerprint density at radius 3 is 2.21 bits per heavy atom. The molecule has 0 aliphatic carbocycles. The van der Waals surface area contributed by atoms with Crippen molar-refractivity contribution in [1.29, 1.82) is 0 Å². The number of benzene rings is 1. The molecule has 0 fully saturated rings. The Kier molecular flexibility index (Phi) is 4.45. The van der Waals surface area contributed by atoms with E-state index in [-0.39, 0.29) is 15.7 Å². The van der Waals surface area contributed by atoms with Crippen molar-refractivity contribution >= 4 is 32.2 Å². The third-order valence-electron chi connectivity index (χ3n) is 3.71. The minimum atomic E-state index is -3.98. The van der Waals surface area contributed by atoms with E-state index in [0.717, 1.165) is 35.6 Å². The molecule has 3 heterocycles. The molecule has 0 saturated carbocycles. The molecule has 0 unspecified atom stereocenters. The van der Waals surface area contributed by atoms with Gasteiger partial charge in [0.1, 0.15) is 16.3 Å². The van der Waals surface area contributed by atoms with Gasteiger partial charge in [-0.2, -0.15) is 0 Å². The van der Waals surface area contributed by atoms with E-state index in [2.05, 4.69) is 9.71 Å². The van der Waals surface area contributed by atoms with Gasteiger partial charge in [-0.25, -0.2) is 13.4 Å². The smallest absolute Gasteiger partial charge is 0.269 e. The number of non-ortho nitro benzene ring substituents is 1. The van der Waals surface area contributed by atoms with E-state index in [9.17, 15) is 18.5 Å². The number of nitrogens with one attached hydrogen (secondary N) is 1. The Morgan fingerprint density at radius 1 is 1.00 bits per heavy atom. The van der Waals surface area contributed by atoms with Crippen molar-refractivity contribution in [2.24, 2.45) is 0 Å². The summed E-state index contributed by atoms with van der Waals surface area (Å²) in [6, 6.07) is 11.4. The Labute approximate surface area is 162 Å². The molecule has 0 saturated heterocycles. The molecule has 28 heavy (non-hydrogen) atoms. The highest BCUT2D eigenvalue weighted by Crippen LogP contribution is 2.40. The Hall–Kier alpha value is -3.44. The van der Waals surface area contributed by atoms with Crippen LogP contribution in [0.1, 0.15) is 0 Å². The highest BCUT2D eigenvalue weighted by atomic mass is 32.2. The molecule has 4 aromatic rings. The monoisotopic (exact) mass is 417 g/mol. The van der Waals surface area contributed by atoms with E-state index in [4.69, 9.17) is 8.83 Å². The minimum Gasteiger partial charge on any atom is -0.463 e. The van der Waals surface area contributed by atoms with Gasteiger partial charge in [0, 0.05) is 12.1 Å². The van der Waals surface area contributed by atoms with Crippen LogP contribution in [-0.4, -0.2) is 18.3 Å². The van der Waals surface area contributed by atoms with Gasteiger partial charge in [-0.3, -0.25) is 14.8 Å². The zero-order valence-corrected chi connectivity index (χ0v) is 15.6. The van der Waals surface area contributed by atoms with Gasteiger partial charge in [-0.1, -0.05) is 11.3 Å². The number of aromatic nitrogens is 1. The molecule has 3 aromatic heterocycles. The second kappa shape index (κ2) is 6.94. The van der Waals surface area contributed by atoms with Crippen molar-refractivity contribution in [3.05, 3.63) is 71.2 Å². The van der Waals surface area contributed by atoms with Crippen molar-refractivity contribution in [1.82, 2.24) is 4.98 Å². The van der Waals surface area contributed by atoms with Crippen LogP contribution in [0.5, 0.6) is 0 Å². The highest BCUT2D eigenvalue weighted by Gasteiger charge is 2.23. The summed E-state index contributed by atoms with van der Waals surface area (Å²) in [4.78, 5) is 14.9. The second-order valence-electron chi connectivity index (χ2n) is 5.51. The summed E-state index contributed by atoms with van der Waals surface area (Å²) in [5, 5.41) is 10.8. The van der Waals surface area contributed by atoms with Crippen LogP contribution in [0.2, 0.25) is 0 Å². The molecule has 0 amide bonds. The summed E-state index contributed by atoms with van der Waals surface area (Å²) in [6.45, 7) is 0. The quantitative estimate of drug-likeness (QED) is 0.364. The molecule has 1 aromatic carbocycles. The maximum atomic E-state index is 12.6. The molecule has 0 radical (unpaired) electrons. The molecule has 0 aliphatic heterocycles. The van der Waals surface area contributed by atoms with E-state index in [0.29, 0.717) is 22.1 Å². The summed E-state index contributed by atoms with van der Waals surface area (Å²) >= 11 is 1.08. The van der Waals surface area contributed by atoms with Crippen LogP contribution in [0.4, 0.5) is 10.8 Å². The van der Waals surface area contributed by atoms with Crippen LogP contribution in [0.15, 0.2) is 74.8 Å². The predicted molar refractivity (Wildman–Crippen MR) is 101 cm³/mol. The summed E-state index contributed by atoms with van der Waals surface area (Å²) < 4.78 is 38.4. The molecular weight excluding hydrogens is 406 g/mol. The van der Waals surface area contributed by atoms with Crippen LogP contribution in [0.25, 0.3) is 22.1 Å². The highest BCUT2D eigenvalue weighted by molar-refractivity contribution is 7.93. The van der Waals surface area contributed by atoms with E-state index >= 15 is 0 Å². The first-order valence-electron chi connectivity index (χ1n) is 7.80. The van der Waals surface area contributed by atoms with Crippen LogP contribution >= 0.6 is 11.3 Å². The van der Waals surface area contributed by atoms with Gasteiger partial charge >= 0.3 is 0 Å². The van der Waals surface area contributed by atoms with E-state index in [1.54, 1.807) is 24.3 Å². The third-order valence-corrected chi connectivity index (χ3v) is 6.18. The van der Waals surface area contributed by atoms with E-state index in [1.807, 2.05) is 0 Å². The molecule has 0 atom stereocenters. The zero-order valence-electron chi connectivity index (χ0n) is 13.9. The number of anilines is 1. The molecule has 0 spiro atoms. The van der Waals surface area contributed by atoms with Gasteiger partial charge < -0.3 is 8.83 Å². The number of rotatable bonds is 6. The lowest BCUT2D eigenvalue weighted by Crippen LogP contribution is -2.12. The van der Waals surface area contributed by atoms with Crippen LogP contribution in [0, 0.1) is 10.1 Å². The van der Waals surface area contributed by atoms with Gasteiger partial charge in [-0.15, -0.1) is 0 Å². The predicted octanol–water partition coefficient (Wildman–Crippen LogP) is 4.37. The Balaban J connectivity index is 1.70. The molecule has 11 heteroatoms. The van der Waals surface area contributed by atoms with Crippen molar-refractivity contribution in [3.8, 4) is 22.1 Å². The van der Waals surface area contributed by atoms with E-state index in [1.165, 1.54) is 12.5 Å². The number of nitro benzene ring substituents is 1. The maximum Gasteiger partial charge on any atom is 0.269 e. The number of thiazole rings is 1. The largest absolute Gasteiger partial charge is 0.463 e. The van der Waals surface area contributed by atoms with E-state index < -0.39 is 14.9 Å². The fourth-order valence-electron chi connectivity index (χ4n) is 2.44. The summed E-state index contributed by atoms with van der Waals surface area (Å²) in [6.07, 6.45) is 2.99. The van der Waals surface area contributed by atoms with Crippen molar-refractivity contribution in [2.75, 3.05) is 4.72 Å². The first-order valence-corrected chi connectivity index (χ1v) is 10.1. The number of furan rings is 2. The van der Waals surface area contributed by atoms with Crippen LogP contribution in [0.3, 0.4) is 0 Å². The van der Waals surface area contributed by atoms with Crippen molar-refractivity contribution in [2.45, 2.75) is 4.90 Å². The lowest BCUT2D eigenvalue weighted by molar-refractivity contribution is -0.384. The van der Waals surface area contributed by atoms with Crippen molar-refractivity contribution < 1.29 is 22.2 Å². The standard InChI is InChI=1S/C17H11N3O6S2/c21-20(22)11-5-7-12(8-6-11)28(23,24)19-17-18-15(13-3-1-9-25-13)16(27-17)14-4-2-10-26-14/h1-10H,(H,18,19). The summed E-state index contributed by atoms with van der Waals surface area (Å²) in [5.41, 5.74) is 0.236. The third kappa shape index (κ3) is 3.40. The minimum absolute atomic E-state index is 0.108. The van der Waals surface area contributed by atoms with Gasteiger partial charge in [0.05, 0.1) is 22.3 Å². The first kappa shape index (κ1) is 17.9. The summed E-state index contributed by atoms with van der Waals surface area (Å²) in [5.74, 6) is 0.980. The molecule has 1 N–H and O–H groups in total. The molecule has 142 valence electrons. The fraction of sp³-hybridized carbons (Fsp3) is 0. The average Bonchev–Trinajstić information content (AvgIpc) is 3.42. The average molecular weight is 417 g/mol. The first-order chi connectivity index (χ1) is 13.4. The normalized spacial score (nSPS) is 11.4. The lowest BCUT2D eigenvalue weighted by Gasteiger charge is -2.04. The zero-order chi connectivity index (χ0) is 19.7. The number of nitro groups is 1. The Bertz CT molecular complexity index is 1160. The van der Waals surface area contributed by atoms with Crippen LogP contribution < -0.4 is 4.72 Å². The Morgan fingerprint density at radius 2 is 1.64 bits per heavy atom. The number of sulfonamides is 1. The molecule has 9 nitrogen and oxygen atoms in total.